The Balaban J connectivity index is 0.000000141. The fourth-order valence-electron chi connectivity index (χ4n) is 6.77. The Kier molecular flexibility index (Phi) is 10.4. The van der Waals surface area contributed by atoms with E-state index < -0.39 is 5.67 Å². The van der Waals surface area contributed by atoms with E-state index in [1.807, 2.05) is 0 Å². The van der Waals surface area contributed by atoms with Crippen molar-refractivity contribution < 1.29 is 9.13 Å². The van der Waals surface area contributed by atoms with E-state index in [9.17, 15) is 4.39 Å². The van der Waals surface area contributed by atoms with Gasteiger partial charge in [-0.15, -0.1) is 0 Å². The first-order valence-corrected chi connectivity index (χ1v) is 15.7. The maximum absolute atomic E-state index is 12.8. The van der Waals surface area contributed by atoms with Crippen LogP contribution in [0.5, 0.6) is 0 Å². The third kappa shape index (κ3) is 7.93. The molecule has 5 heterocycles. The van der Waals surface area contributed by atoms with Gasteiger partial charge in [-0.1, -0.05) is 20.3 Å². The molecular weight excluding hydrogens is 475 g/mol. The number of nitrogens with zero attached hydrogens (tertiary/aromatic N) is 4. The zero-order valence-corrected chi connectivity index (χ0v) is 27.1. The quantitative estimate of drug-likeness (QED) is 0.442. The molecule has 224 valence electrons. The highest BCUT2D eigenvalue weighted by Gasteiger charge is 2.51. The van der Waals surface area contributed by atoms with Gasteiger partial charge in [-0.3, -0.25) is 19.6 Å². The average Bonchev–Trinajstić information content (AvgIpc) is 2.60. The van der Waals surface area contributed by atoms with Crippen molar-refractivity contribution in [2.24, 2.45) is 10.8 Å². The summed E-state index contributed by atoms with van der Waals surface area (Å²) in [5.41, 5.74) is 1.02. The first-order valence-electron chi connectivity index (χ1n) is 15.7. The van der Waals surface area contributed by atoms with Crippen LogP contribution in [0.1, 0.15) is 102 Å². The number of likely N-dealkylation sites (tertiary alicyclic amines) is 4. The van der Waals surface area contributed by atoms with Crippen molar-refractivity contribution in [3.8, 4) is 0 Å². The van der Waals surface area contributed by atoms with Crippen molar-refractivity contribution in [2.75, 3.05) is 59.0 Å². The number of alkyl halides is 1. The smallest absolute Gasteiger partial charge is 0.133 e. The lowest BCUT2D eigenvalue weighted by Crippen LogP contribution is -2.72. The minimum absolute atomic E-state index is 0.494. The Labute approximate surface area is 235 Å². The molecule has 0 unspecified atom stereocenters. The van der Waals surface area contributed by atoms with Gasteiger partial charge in [0, 0.05) is 70.0 Å². The predicted molar refractivity (Wildman–Crippen MR) is 160 cm³/mol. The van der Waals surface area contributed by atoms with E-state index in [2.05, 4.69) is 88.8 Å². The summed E-state index contributed by atoms with van der Waals surface area (Å²) in [4.78, 5) is 9.76. The lowest BCUT2D eigenvalue weighted by molar-refractivity contribution is -0.202. The van der Waals surface area contributed by atoms with Gasteiger partial charge in [-0.25, -0.2) is 4.39 Å². The van der Waals surface area contributed by atoms with Crippen molar-refractivity contribution in [2.45, 2.75) is 137 Å². The molecule has 6 rings (SSSR count). The van der Waals surface area contributed by atoms with E-state index >= 15 is 0 Å². The molecule has 5 nitrogen and oxygen atoms in total. The summed E-state index contributed by atoms with van der Waals surface area (Å²) in [6.07, 6.45) is 5.86. The van der Waals surface area contributed by atoms with Crippen LogP contribution < -0.4 is 0 Å². The van der Waals surface area contributed by atoms with Gasteiger partial charge in [0.05, 0.1) is 18.8 Å². The zero-order chi connectivity index (χ0) is 28.5. The molecular formula is C32H63FN4O. The van der Waals surface area contributed by atoms with Crippen molar-refractivity contribution in [3.63, 3.8) is 0 Å². The molecule has 0 radical (unpaired) electrons. The summed E-state index contributed by atoms with van der Waals surface area (Å²) < 4.78 is 18.0. The second-order valence-electron chi connectivity index (χ2n) is 15.7. The van der Waals surface area contributed by atoms with Crippen LogP contribution in [0.25, 0.3) is 0 Å². The topological polar surface area (TPSA) is 22.2 Å². The van der Waals surface area contributed by atoms with Crippen LogP contribution in [0.2, 0.25) is 0 Å². The largest absolute Gasteiger partial charge is 0.377 e. The molecule has 5 aliphatic heterocycles. The monoisotopic (exact) mass is 538 g/mol. The molecule has 38 heavy (non-hydrogen) atoms. The molecule has 0 amide bonds. The Hall–Kier alpha value is -0.270. The van der Waals surface area contributed by atoms with Gasteiger partial charge in [0.2, 0.25) is 0 Å². The molecule has 0 aromatic rings. The van der Waals surface area contributed by atoms with E-state index in [4.69, 9.17) is 4.74 Å². The van der Waals surface area contributed by atoms with Crippen molar-refractivity contribution >= 4 is 0 Å². The molecule has 6 aliphatic rings. The predicted octanol–water partition coefficient (Wildman–Crippen LogP) is 5.93. The molecule has 0 bridgehead atoms. The fourth-order valence-corrected chi connectivity index (χ4v) is 6.77. The molecule has 1 saturated carbocycles. The SMILES string of the molecule is CC(C)N1CC(C)(C)C1.CC(C)N1CC(C)(F)C1.CC(C)N1CC2(CCC2)C1.CC(C)N1CCC12COC2. The van der Waals surface area contributed by atoms with Crippen molar-refractivity contribution in [3.05, 3.63) is 0 Å². The summed E-state index contributed by atoms with van der Waals surface area (Å²) in [6.45, 7) is 33.9. The van der Waals surface area contributed by atoms with Crippen LogP contribution in [0.15, 0.2) is 0 Å². The Morgan fingerprint density at radius 1 is 0.605 bits per heavy atom. The average molecular weight is 539 g/mol. The number of rotatable bonds is 4. The van der Waals surface area contributed by atoms with Gasteiger partial charge in [0.25, 0.3) is 0 Å². The second kappa shape index (κ2) is 12.3. The van der Waals surface area contributed by atoms with E-state index in [0.717, 1.165) is 30.7 Å². The van der Waals surface area contributed by atoms with E-state index in [1.165, 1.54) is 58.4 Å². The van der Waals surface area contributed by atoms with Gasteiger partial charge in [0.1, 0.15) is 5.67 Å². The highest BCUT2D eigenvalue weighted by molar-refractivity contribution is 5.05. The molecule has 6 fully saturated rings. The first-order chi connectivity index (χ1) is 17.5. The summed E-state index contributed by atoms with van der Waals surface area (Å²) in [5.74, 6) is 0. The summed E-state index contributed by atoms with van der Waals surface area (Å²) in [5, 5.41) is 0. The third-order valence-electron chi connectivity index (χ3n) is 9.80. The minimum Gasteiger partial charge on any atom is -0.377 e. The number of halogens is 1. The van der Waals surface area contributed by atoms with E-state index in [1.54, 1.807) is 6.92 Å². The Morgan fingerprint density at radius 2 is 1.05 bits per heavy atom. The normalized spacial score (nSPS) is 28.4. The zero-order valence-electron chi connectivity index (χ0n) is 27.1. The molecule has 2 spiro atoms. The summed E-state index contributed by atoms with van der Waals surface area (Å²) in [6, 6.07) is 2.75. The third-order valence-corrected chi connectivity index (χ3v) is 9.80. The lowest BCUT2D eigenvalue weighted by Gasteiger charge is -2.59. The Bertz CT molecular complexity index is 684. The van der Waals surface area contributed by atoms with Crippen molar-refractivity contribution in [1.29, 1.82) is 0 Å². The number of hydrogen-bond donors (Lipinski definition) is 0. The molecule has 0 aromatic heterocycles. The van der Waals surface area contributed by atoms with Crippen LogP contribution in [0.4, 0.5) is 4.39 Å². The molecule has 0 aromatic carbocycles. The highest BCUT2D eigenvalue weighted by Crippen LogP contribution is 2.48. The van der Waals surface area contributed by atoms with Gasteiger partial charge >= 0.3 is 0 Å². The molecule has 6 heteroatoms. The van der Waals surface area contributed by atoms with E-state index in [-0.39, 0.29) is 0 Å². The lowest BCUT2D eigenvalue weighted by atomic mass is 9.63. The Morgan fingerprint density at radius 3 is 1.21 bits per heavy atom. The minimum atomic E-state index is -0.899. The van der Waals surface area contributed by atoms with Gasteiger partial charge in [-0.05, 0) is 92.4 Å². The van der Waals surface area contributed by atoms with Gasteiger partial charge in [0.15, 0.2) is 0 Å². The van der Waals surface area contributed by atoms with Gasteiger partial charge < -0.3 is 4.74 Å². The number of ether oxygens (including phenoxy) is 1. The van der Waals surface area contributed by atoms with E-state index in [0.29, 0.717) is 36.1 Å². The van der Waals surface area contributed by atoms with Crippen molar-refractivity contribution in [1.82, 2.24) is 19.6 Å². The maximum atomic E-state index is 12.8. The fraction of sp³-hybridized carbons (Fsp3) is 1.00. The summed E-state index contributed by atoms with van der Waals surface area (Å²) in [7, 11) is 0. The molecule has 0 N–H and O–H groups in total. The van der Waals surface area contributed by atoms with Crippen LogP contribution in [-0.4, -0.2) is 114 Å². The molecule has 0 atom stereocenters. The second-order valence-corrected chi connectivity index (χ2v) is 15.7. The van der Waals surface area contributed by atoms with Crippen LogP contribution in [0, 0.1) is 10.8 Å². The molecule has 5 saturated heterocycles. The maximum Gasteiger partial charge on any atom is 0.133 e. The first kappa shape index (κ1) is 32.2. The molecule has 1 aliphatic carbocycles. The van der Waals surface area contributed by atoms with Gasteiger partial charge in [-0.2, -0.15) is 0 Å². The number of hydrogen-bond acceptors (Lipinski definition) is 5. The van der Waals surface area contributed by atoms with Crippen LogP contribution >= 0.6 is 0 Å². The standard InChI is InChI=1S/C9H17N.C8H15NO.C8H17N.C7H14FN/c1-8(2)10-6-9(7-10)4-3-5-9;1-7(2)9-4-3-8(9)5-10-6-8;1-7(2)9-5-8(3,4)6-9;1-6(2)9-4-7(3,8)5-9/h8H,3-7H2,1-2H3;7H,3-6H2,1-2H3;7H,5-6H2,1-4H3;6H,4-5H2,1-3H3. The van der Waals surface area contributed by atoms with Crippen LogP contribution in [0.3, 0.4) is 0 Å². The summed E-state index contributed by atoms with van der Waals surface area (Å²) >= 11 is 0. The highest BCUT2D eigenvalue weighted by atomic mass is 19.1. The van der Waals surface area contributed by atoms with Crippen LogP contribution in [-0.2, 0) is 4.74 Å².